The van der Waals surface area contributed by atoms with Gasteiger partial charge in [-0.2, -0.15) is 0 Å². The first kappa shape index (κ1) is 18.2. The predicted octanol–water partition coefficient (Wildman–Crippen LogP) is 2.70. The van der Waals surface area contributed by atoms with Crippen molar-refractivity contribution in [1.29, 1.82) is 0 Å². The van der Waals surface area contributed by atoms with Crippen LogP contribution in [0.5, 0.6) is 0 Å². The molecule has 0 saturated heterocycles. The summed E-state index contributed by atoms with van der Waals surface area (Å²) in [5, 5.41) is 4.95. The molecule has 2 N–H and O–H groups in total. The summed E-state index contributed by atoms with van der Waals surface area (Å²) < 4.78 is 53.0. The lowest BCUT2D eigenvalue weighted by molar-refractivity contribution is -0.126. The molecule has 2 amide bonds. The minimum Gasteiger partial charge on any atom is -0.353 e. The van der Waals surface area contributed by atoms with E-state index in [1.807, 2.05) is 0 Å². The van der Waals surface area contributed by atoms with Gasteiger partial charge in [-0.1, -0.05) is 12.8 Å². The zero-order chi connectivity index (χ0) is 17.7. The van der Waals surface area contributed by atoms with E-state index in [9.17, 15) is 27.2 Å². The molecule has 2 rings (SSSR count). The van der Waals surface area contributed by atoms with Crippen LogP contribution in [0.3, 0.4) is 0 Å². The summed E-state index contributed by atoms with van der Waals surface area (Å²) in [6.07, 6.45) is 3.72. The molecule has 0 spiro atoms. The molecule has 1 fully saturated rings. The van der Waals surface area contributed by atoms with Crippen LogP contribution >= 0.6 is 0 Å². The topological polar surface area (TPSA) is 58.2 Å². The lowest BCUT2D eigenvalue weighted by Gasteiger charge is -2.12. The highest BCUT2D eigenvalue weighted by molar-refractivity contribution is 5.83. The minimum atomic E-state index is -1.55. The van der Waals surface area contributed by atoms with Crippen LogP contribution in [-0.2, 0) is 16.1 Å². The Labute approximate surface area is 136 Å². The second kappa shape index (κ2) is 8.12. The summed E-state index contributed by atoms with van der Waals surface area (Å²) in [6, 6.07) is 0.239. The second-order valence-electron chi connectivity index (χ2n) is 5.77. The number of hydrogen-bond donors (Lipinski definition) is 2. The Balaban J connectivity index is 1.80. The third kappa shape index (κ3) is 4.69. The van der Waals surface area contributed by atoms with Crippen molar-refractivity contribution in [3.8, 4) is 0 Å². The molecule has 1 saturated carbocycles. The van der Waals surface area contributed by atoms with Crippen LogP contribution in [0.2, 0.25) is 0 Å². The SMILES string of the molecule is O=C(CCC(=O)NC1CCCC1)NCc1c(F)c(F)cc(F)c1F. The summed E-state index contributed by atoms with van der Waals surface area (Å²) in [6.45, 7) is -0.699. The van der Waals surface area contributed by atoms with Crippen molar-refractivity contribution in [3.05, 3.63) is 34.9 Å². The van der Waals surface area contributed by atoms with Gasteiger partial charge in [0.15, 0.2) is 23.3 Å². The van der Waals surface area contributed by atoms with Crippen molar-refractivity contribution < 1.29 is 27.2 Å². The van der Waals surface area contributed by atoms with Gasteiger partial charge in [0, 0.05) is 37.1 Å². The molecule has 0 atom stereocenters. The van der Waals surface area contributed by atoms with Crippen LogP contribution in [0, 0.1) is 23.3 Å². The Kier molecular flexibility index (Phi) is 6.16. The maximum Gasteiger partial charge on any atom is 0.220 e. The quantitative estimate of drug-likeness (QED) is 0.615. The van der Waals surface area contributed by atoms with Gasteiger partial charge in [-0.3, -0.25) is 9.59 Å². The second-order valence-corrected chi connectivity index (χ2v) is 5.77. The molecule has 0 heterocycles. The van der Waals surface area contributed by atoms with Crippen LogP contribution in [0.25, 0.3) is 0 Å². The monoisotopic (exact) mass is 346 g/mol. The van der Waals surface area contributed by atoms with Gasteiger partial charge in [-0.05, 0) is 12.8 Å². The predicted molar refractivity (Wildman–Crippen MR) is 77.8 cm³/mol. The zero-order valence-corrected chi connectivity index (χ0v) is 12.9. The summed E-state index contributed by atoms with van der Waals surface area (Å²) in [4.78, 5) is 23.3. The van der Waals surface area contributed by atoms with E-state index in [1.165, 1.54) is 0 Å². The van der Waals surface area contributed by atoms with E-state index in [4.69, 9.17) is 0 Å². The smallest absolute Gasteiger partial charge is 0.220 e. The van der Waals surface area contributed by atoms with Crippen molar-refractivity contribution in [2.24, 2.45) is 0 Å². The van der Waals surface area contributed by atoms with Crippen LogP contribution in [0.4, 0.5) is 17.6 Å². The minimum absolute atomic E-state index is 0.0647. The maximum absolute atomic E-state index is 13.4. The molecule has 132 valence electrons. The summed E-state index contributed by atoms with van der Waals surface area (Å²) >= 11 is 0. The normalized spacial score (nSPS) is 14.7. The van der Waals surface area contributed by atoms with E-state index in [0.29, 0.717) is 0 Å². The van der Waals surface area contributed by atoms with Gasteiger partial charge in [0.2, 0.25) is 11.8 Å². The standard InChI is InChI=1S/C16H18F4N2O2/c17-11-7-12(18)16(20)10(15(11)19)8-21-13(23)5-6-14(24)22-9-3-1-2-4-9/h7,9H,1-6,8H2,(H,21,23)(H,22,24). The van der Waals surface area contributed by atoms with Crippen molar-refractivity contribution in [3.63, 3.8) is 0 Å². The summed E-state index contributed by atoms with van der Waals surface area (Å²) in [5.74, 6) is -7.07. The molecule has 1 aliphatic carbocycles. The fourth-order valence-corrected chi connectivity index (χ4v) is 2.65. The molecular weight excluding hydrogens is 328 g/mol. The highest BCUT2D eigenvalue weighted by Gasteiger charge is 2.20. The first-order valence-corrected chi connectivity index (χ1v) is 7.76. The van der Waals surface area contributed by atoms with Crippen molar-refractivity contribution >= 4 is 11.8 Å². The lowest BCUT2D eigenvalue weighted by atomic mass is 10.1. The van der Waals surface area contributed by atoms with Gasteiger partial charge in [-0.15, -0.1) is 0 Å². The van der Waals surface area contributed by atoms with E-state index in [1.54, 1.807) is 0 Å². The van der Waals surface area contributed by atoms with Crippen LogP contribution in [0.1, 0.15) is 44.1 Å². The Morgan fingerprint density at radius 3 is 2.08 bits per heavy atom. The molecule has 1 aromatic rings. The first-order valence-electron chi connectivity index (χ1n) is 7.76. The highest BCUT2D eigenvalue weighted by Crippen LogP contribution is 2.19. The number of carbonyl (C=O) groups excluding carboxylic acids is 2. The summed E-state index contributed by atoms with van der Waals surface area (Å²) in [7, 11) is 0. The van der Waals surface area contributed by atoms with Gasteiger partial charge in [-0.25, -0.2) is 17.6 Å². The van der Waals surface area contributed by atoms with Crippen LogP contribution in [0.15, 0.2) is 6.07 Å². The van der Waals surface area contributed by atoms with Gasteiger partial charge in [0.05, 0.1) is 0 Å². The van der Waals surface area contributed by atoms with E-state index in [-0.39, 0.29) is 30.9 Å². The molecule has 0 unspecified atom stereocenters. The van der Waals surface area contributed by atoms with E-state index in [2.05, 4.69) is 10.6 Å². The van der Waals surface area contributed by atoms with E-state index >= 15 is 0 Å². The number of hydrogen-bond acceptors (Lipinski definition) is 2. The van der Waals surface area contributed by atoms with Crippen LogP contribution < -0.4 is 10.6 Å². The molecule has 4 nitrogen and oxygen atoms in total. The van der Waals surface area contributed by atoms with Crippen molar-refractivity contribution in [2.75, 3.05) is 0 Å². The molecule has 24 heavy (non-hydrogen) atoms. The number of halogens is 4. The number of rotatable bonds is 6. The van der Waals surface area contributed by atoms with Crippen molar-refractivity contribution in [2.45, 2.75) is 51.1 Å². The molecular formula is C16H18F4N2O2. The van der Waals surface area contributed by atoms with E-state index < -0.39 is 41.3 Å². The van der Waals surface area contributed by atoms with Gasteiger partial charge < -0.3 is 10.6 Å². The molecule has 1 aromatic carbocycles. The van der Waals surface area contributed by atoms with E-state index in [0.717, 1.165) is 25.7 Å². The highest BCUT2D eigenvalue weighted by atomic mass is 19.2. The van der Waals surface area contributed by atoms with Gasteiger partial charge in [0.25, 0.3) is 0 Å². The fourth-order valence-electron chi connectivity index (χ4n) is 2.65. The molecule has 0 aliphatic heterocycles. The number of nitrogens with one attached hydrogen (secondary N) is 2. The molecule has 1 aliphatic rings. The molecule has 8 heteroatoms. The third-order valence-electron chi connectivity index (χ3n) is 3.96. The average molecular weight is 346 g/mol. The Morgan fingerprint density at radius 1 is 0.958 bits per heavy atom. The van der Waals surface area contributed by atoms with Crippen LogP contribution in [-0.4, -0.2) is 17.9 Å². The Bertz CT molecular complexity index is 605. The first-order chi connectivity index (χ1) is 11.4. The largest absolute Gasteiger partial charge is 0.353 e. The maximum atomic E-state index is 13.4. The third-order valence-corrected chi connectivity index (χ3v) is 3.96. The lowest BCUT2D eigenvalue weighted by Crippen LogP contribution is -2.33. The number of benzene rings is 1. The molecule has 0 bridgehead atoms. The zero-order valence-electron chi connectivity index (χ0n) is 12.9. The summed E-state index contributed by atoms with van der Waals surface area (Å²) in [5.41, 5.74) is -0.892. The van der Waals surface area contributed by atoms with Crippen molar-refractivity contribution in [1.82, 2.24) is 10.6 Å². The molecule has 0 radical (unpaired) electrons. The van der Waals surface area contributed by atoms with Gasteiger partial charge >= 0.3 is 0 Å². The molecule has 0 aromatic heterocycles. The number of carbonyl (C=O) groups is 2. The Morgan fingerprint density at radius 2 is 1.50 bits per heavy atom. The average Bonchev–Trinajstić information content (AvgIpc) is 3.04. The number of amides is 2. The fraction of sp³-hybridized carbons (Fsp3) is 0.500. The Hall–Kier alpha value is -2.12. The van der Waals surface area contributed by atoms with Gasteiger partial charge in [0.1, 0.15) is 0 Å².